The zero-order chi connectivity index (χ0) is 25.4. The number of hydrogen-bond acceptors (Lipinski definition) is 7. The Balaban J connectivity index is 1.90. The van der Waals surface area contributed by atoms with Crippen LogP contribution in [-0.4, -0.2) is 57.2 Å². The average molecular weight is 517 g/mol. The maximum atomic E-state index is 13.6. The number of aromatic nitrogens is 1. The summed E-state index contributed by atoms with van der Waals surface area (Å²) in [5.74, 6) is -0.660. The van der Waals surface area contributed by atoms with E-state index in [-0.39, 0.29) is 48.1 Å². The smallest absolute Gasteiger partial charge is 0.301 e. The summed E-state index contributed by atoms with van der Waals surface area (Å²) in [7, 11) is -8.16. The van der Waals surface area contributed by atoms with Crippen LogP contribution in [0, 0.1) is 25.2 Å². The van der Waals surface area contributed by atoms with Gasteiger partial charge in [0, 0.05) is 18.5 Å². The molecule has 10 nitrogen and oxygen atoms in total. The molecular formula is C23H24N4O6S2. The largest absolute Gasteiger partial charge is 0.379 e. The van der Waals surface area contributed by atoms with Crippen molar-refractivity contribution >= 4 is 42.6 Å². The summed E-state index contributed by atoms with van der Waals surface area (Å²) in [5.41, 5.74) is 1.53. The Labute approximate surface area is 204 Å². The quantitative estimate of drug-likeness (QED) is 0.476. The molecule has 1 fully saturated rings. The predicted octanol–water partition coefficient (Wildman–Crippen LogP) is 2.58. The van der Waals surface area contributed by atoms with Gasteiger partial charge in [0.2, 0.25) is 0 Å². The number of ketones is 1. The molecule has 0 amide bonds. The minimum absolute atomic E-state index is 0.0392. The number of morpholine rings is 1. The first-order valence-electron chi connectivity index (χ1n) is 10.8. The van der Waals surface area contributed by atoms with E-state index in [1.807, 2.05) is 6.92 Å². The van der Waals surface area contributed by atoms with Crippen LogP contribution in [0.5, 0.6) is 0 Å². The lowest BCUT2D eigenvalue weighted by atomic mass is 10.1. The molecule has 35 heavy (non-hydrogen) atoms. The lowest BCUT2D eigenvalue weighted by Crippen LogP contribution is -2.43. The molecule has 1 aliphatic rings. The molecule has 1 aromatic heterocycles. The molecule has 2 aromatic carbocycles. The van der Waals surface area contributed by atoms with Gasteiger partial charge < -0.3 is 4.74 Å². The molecule has 4 rings (SSSR count). The lowest BCUT2D eigenvalue weighted by molar-refractivity contribution is 0.0733. The van der Waals surface area contributed by atoms with Crippen LogP contribution < -0.4 is 4.72 Å². The normalized spacial score (nSPS) is 15.1. The van der Waals surface area contributed by atoms with Crippen LogP contribution in [0.25, 0.3) is 10.9 Å². The lowest BCUT2D eigenvalue weighted by Gasteiger charge is -2.26. The molecule has 0 saturated carbocycles. The van der Waals surface area contributed by atoms with Crippen molar-refractivity contribution in [2.75, 3.05) is 31.0 Å². The number of rotatable bonds is 7. The SMILES string of the molecule is Cc1ccc(S(=O)(=O)n2c(C(=O)CC#N)cc3cc(C)c(NS(=O)(=O)N4CCOCC4)cc32)cc1. The number of hydrogen-bond donors (Lipinski definition) is 1. The summed E-state index contributed by atoms with van der Waals surface area (Å²) in [6, 6.07) is 12.3. The first-order valence-corrected chi connectivity index (χ1v) is 13.7. The van der Waals surface area contributed by atoms with Crippen molar-refractivity contribution in [2.24, 2.45) is 0 Å². The zero-order valence-electron chi connectivity index (χ0n) is 19.2. The van der Waals surface area contributed by atoms with E-state index in [1.54, 1.807) is 31.2 Å². The van der Waals surface area contributed by atoms with Crippen molar-refractivity contribution in [3.63, 3.8) is 0 Å². The number of carbonyl (C=O) groups is 1. The third kappa shape index (κ3) is 4.81. The number of benzene rings is 2. The number of ether oxygens (including phenoxy) is 1. The Morgan fingerprint density at radius 3 is 2.34 bits per heavy atom. The molecule has 0 bridgehead atoms. The molecule has 2 heterocycles. The van der Waals surface area contributed by atoms with Gasteiger partial charge in [0.25, 0.3) is 10.0 Å². The first kappa shape index (κ1) is 24.9. The third-order valence-corrected chi connectivity index (χ3v) is 9.00. The maximum Gasteiger partial charge on any atom is 0.301 e. The van der Waals surface area contributed by atoms with Crippen LogP contribution in [0.4, 0.5) is 5.69 Å². The molecule has 0 aliphatic carbocycles. The predicted molar refractivity (Wildman–Crippen MR) is 130 cm³/mol. The number of anilines is 1. The van der Waals surface area contributed by atoms with E-state index in [1.165, 1.54) is 28.6 Å². The molecule has 12 heteroatoms. The van der Waals surface area contributed by atoms with Crippen molar-refractivity contribution < 1.29 is 26.4 Å². The van der Waals surface area contributed by atoms with Gasteiger partial charge in [0.05, 0.1) is 35.4 Å². The van der Waals surface area contributed by atoms with Crippen LogP contribution in [0.15, 0.2) is 47.4 Å². The fourth-order valence-electron chi connectivity index (χ4n) is 3.88. The molecular weight excluding hydrogens is 492 g/mol. The van der Waals surface area contributed by atoms with Gasteiger partial charge in [-0.15, -0.1) is 0 Å². The number of carbonyl (C=O) groups excluding carboxylic acids is 1. The Hall–Kier alpha value is -3.24. The number of nitrogens with zero attached hydrogens (tertiary/aromatic N) is 3. The van der Waals surface area contributed by atoms with Crippen LogP contribution in [0.3, 0.4) is 0 Å². The van der Waals surface area contributed by atoms with Crippen LogP contribution in [-0.2, 0) is 25.0 Å². The molecule has 184 valence electrons. The van der Waals surface area contributed by atoms with Crippen LogP contribution >= 0.6 is 0 Å². The number of nitriles is 1. The summed E-state index contributed by atoms with van der Waals surface area (Å²) in [5, 5.41) is 9.46. The van der Waals surface area contributed by atoms with Gasteiger partial charge >= 0.3 is 10.2 Å². The number of nitrogens with one attached hydrogen (secondary N) is 1. The highest BCUT2D eigenvalue weighted by Gasteiger charge is 2.29. The zero-order valence-corrected chi connectivity index (χ0v) is 20.8. The fraction of sp³-hybridized carbons (Fsp3) is 0.304. The third-order valence-electron chi connectivity index (χ3n) is 5.74. The molecule has 0 atom stereocenters. The Kier molecular flexibility index (Phi) is 6.70. The second kappa shape index (κ2) is 9.43. The summed E-state index contributed by atoms with van der Waals surface area (Å²) in [6.45, 7) is 4.45. The highest BCUT2D eigenvalue weighted by Crippen LogP contribution is 2.31. The Morgan fingerprint density at radius 1 is 1.06 bits per heavy atom. The van der Waals surface area contributed by atoms with Gasteiger partial charge in [-0.25, -0.2) is 12.4 Å². The fourth-order valence-corrected chi connectivity index (χ4v) is 6.66. The summed E-state index contributed by atoms with van der Waals surface area (Å²) >= 11 is 0. The van der Waals surface area contributed by atoms with Gasteiger partial charge in [0.1, 0.15) is 12.1 Å². The van der Waals surface area contributed by atoms with Gasteiger partial charge in [-0.2, -0.15) is 18.0 Å². The van der Waals surface area contributed by atoms with E-state index >= 15 is 0 Å². The topological polar surface area (TPSA) is 139 Å². The minimum Gasteiger partial charge on any atom is -0.379 e. The van der Waals surface area contributed by atoms with Gasteiger partial charge in [-0.05, 0) is 49.7 Å². The number of fused-ring (bicyclic) bond motifs is 1. The highest BCUT2D eigenvalue weighted by atomic mass is 32.2. The van der Waals surface area contributed by atoms with E-state index in [9.17, 15) is 21.6 Å². The molecule has 0 spiro atoms. The van der Waals surface area contributed by atoms with Gasteiger partial charge in [-0.3, -0.25) is 9.52 Å². The Bertz CT molecular complexity index is 1550. The van der Waals surface area contributed by atoms with E-state index in [0.717, 1.165) is 9.54 Å². The summed E-state index contributed by atoms with van der Waals surface area (Å²) in [4.78, 5) is 12.7. The second-order valence-corrected chi connectivity index (χ2v) is 11.7. The number of aryl methyl sites for hydroxylation is 2. The molecule has 1 N–H and O–H groups in total. The molecule has 1 saturated heterocycles. The van der Waals surface area contributed by atoms with Crippen LogP contribution in [0.1, 0.15) is 28.0 Å². The first-order chi connectivity index (χ1) is 16.5. The highest BCUT2D eigenvalue weighted by molar-refractivity contribution is 7.90. The van der Waals surface area contributed by atoms with Crippen molar-refractivity contribution in [3.05, 3.63) is 59.3 Å². The van der Waals surface area contributed by atoms with E-state index in [2.05, 4.69) is 4.72 Å². The molecule has 1 aliphatic heterocycles. The minimum atomic E-state index is -4.24. The van der Waals surface area contributed by atoms with Crippen molar-refractivity contribution in [3.8, 4) is 6.07 Å². The monoisotopic (exact) mass is 516 g/mol. The standard InChI is InChI=1S/C23H24N4O6S2/c1-16-3-5-19(6-4-16)34(29,30)27-21-15-20(25-35(31,32)26-9-11-33-12-10-26)17(2)13-18(21)14-22(27)23(28)7-8-24/h3-6,13-15,25H,7,9-12H2,1-2H3. The average Bonchev–Trinajstić information content (AvgIpc) is 3.19. The van der Waals surface area contributed by atoms with Gasteiger partial charge in [0.15, 0.2) is 5.78 Å². The summed E-state index contributed by atoms with van der Waals surface area (Å²) < 4.78 is 63.0. The molecule has 0 radical (unpaired) electrons. The molecule has 0 unspecified atom stereocenters. The number of Topliss-reactive ketones (excluding diaryl/α,β-unsaturated/α-hetero) is 1. The van der Waals surface area contributed by atoms with E-state index in [4.69, 9.17) is 10.00 Å². The Morgan fingerprint density at radius 2 is 1.71 bits per heavy atom. The van der Waals surface area contributed by atoms with Gasteiger partial charge in [-0.1, -0.05) is 17.7 Å². The maximum absolute atomic E-state index is 13.6. The van der Waals surface area contributed by atoms with Crippen molar-refractivity contribution in [1.82, 2.24) is 8.28 Å². The molecule has 3 aromatic rings. The van der Waals surface area contributed by atoms with Crippen LogP contribution in [0.2, 0.25) is 0 Å². The second-order valence-electron chi connectivity index (χ2n) is 8.21. The summed E-state index contributed by atoms with van der Waals surface area (Å²) in [6.07, 6.45) is -0.505. The van der Waals surface area contributed by atoms with Crippen molar-refractivity contribution in [1.29, 1.82) is 5.26 Å². The van der Waals surface area contributed by atoms with E-state index in [0.29, 0.717) is 10.9 Å². The van der Waals surface area contributed by atoms with E-state index < -0.39 is 32.4 Å². The van der Waals surface area contributed by atoms with Crippen molar-refractivity contribution in [2.45, 2.75) is 25.2 Å².